The van der Waals surface area contributed by atoms with Crippen LogP contribution in [0.5, 0.6) is 11.6 Å². The van der Waals surface area contributed by atoms with Crippen molar-refractivity contribution in [3.05, 3.63) is 66.5 Å². The number of benzene rings is 2. The molecule has 0 aliphatic rings. The summed E-state index contributed by atoms with van der Waals surface area (Å²) in [5.74, 6) is 0.708. The van der Waals surface area contributed by atoms with Crippen molar-refractivity contribution in [1.29, 1.82) is 0 Å². The van der Waals surface area contributed by atoms with Gasteiger partial charge < -0.3 is 14.8 Å². The summed E-state index contributed by atoms with van der Waals surface area (Å²) < 4.78 is 38.3. The molecule has 0 aliphatic carbocycles. The fourth-order valence-electron chi connectivity index (χ4n) is 2.75. The summed E-state index contributed by atoms with van der Waals surface area (Å²) in [7, 11) is -2.57. The van der Waals surface area contributed by atoms with Crippen molar-refractivity contribution in [2.24, 2.45) is 5.92 Å². The van der Waals surface area contributed by atoms with Gasteiger partial charge in [-0.05, 0) is 66.7 Å². The zero-order valence-electron chi connectivity index (χ0n) is 19.3. The number of carbonyl (C=O) groups excluding carboxylic acids is 1. The normalized spacial score (nSPS) is 11.0. The van der Waals surface area contributed by atoms with Crippen molar-refractivity contribution < 1.29 is 22.7 Å². The quantitative estimate of drug-likeness (QED) is 0.367. The molecule has 0 unspecified atom stereocenters. The Labute approximate surface area is 209 Å². The Hall–Kier alpha value is -3.77. The van der Waals surface area contributed by atoms with Gasteiger partial charge >= 0.3 is 0 Å². The van der Waals surface area contributed by atoms with E-state index in [1.807, 2.05) is 0 Å². The Kier molecular flexibility index (Phi) is 8.55. The highest BCUT2D eigenvalue weighted by molar-refractivity contribution is 7.92. The number of sulfonamides is 1. The van der Waals surface area contributed by atoms with Crippen molar-refractivity contribution in [3.8, 4) is 11.6 Å². The topological polar surface area (TPSA) is 132 Å². The van der Waals surface area contributed by atoms with E-state index in [1.165, 1.54) is 43.8 Å². The molecule has 3 N–H and O–H groups in total. The van der Waals surface area contributed by atoms with Crippen molar-refractivity contribution in [2.45, 2.75) is 18.7 Å². The van der Waals surface area contributed by atoms with Gasteiger partial charge in [0.15, 0.2) is 5.11 Å². The summed E-state index contributed by atoms with van der Waals surface area (Å²) in [4.78, 5) is 20.3. The van der Waals surface area contributed by atoms with Gasteiger partial charge in [0.2, 0.25) is 5.82 Å². The van der Waals surface area contributed by atoms with Crippen LogP contribution in [0.1, 0.15) is 24.2 Å². The molecule has 1 aromatic heterocycles. The number of thiocarbonyl (C=S) groups is 1. The standard InChI is InChI=1S/C23H25N5O5S2/c1-15(2)14-33-18-8-4-16(5-9-18)21(29)27-23(34)26-17-6-10-19(11-7-17)35(30,31)28-20-22(32-3)25-13-12-24-20/h4-13,15H,14H2,1-3H3,(H,24,28)(H2,26,27,29,34). The van der Waals surface area contributed by atoms with E-state index >= 15 is 0 Å². The second kappa shape index (κ2) is 11.6. The van der Waals surface area contributed by atoms with E-state index in [4.69, 9.17) is 21.7 Å². The van der Waals surface area contributed by atoms with Crippen molar-refractivity contribution in [2.75, 3.05) is 23.8 Å². The maximum absolute atomic E-state index is 12.7. The lowest BCUT2D eigenvalue weighted by Crippen LogP contribution is -2.34. The molecule has 0 spiro atoms. The van der Waals surface area contributed by atoms with Crippen molar-refractivity contribution >= 4 is 44.8 Å². The lowest BCUT2D eigenvalue weighted by atomic mass is 10.2. The van der Waals surface area contributed by atoms with Crippen LogP contribution in [0.3, 0.4) is 0 Å². The zero-order valence-corrected chi connectivity index (χ0v) is 20.9. The molecule has 3 aromatic rings. The second-order valence-corrected chi connectivity index (χ2v) is 9.77. The molecule has 10 nitrogen and oxygen atoms in total. The van der Waals surface area contributed by atoms with Crippen molar-refractivity contribution in [3.63, 3.8) is 0 Å². The number of carbonyl (C=O) groups is 1. The maximum atomic E-state index is 12.7. The van der Waals surface area contributed by atoms with Crippen LogP contribution in [-0.2, 0) is 10.0 Å². The highest BCUT2D eigenvalue weighted by atomic mass is 32.2. The number of hydrogen-bond donors (Lipinski definition) is 3. The molecule has 0 bridgehead atoms. The van der Waals surface area contributed by atoms with Crippen molar-refractivity contribution in [1.82, 2.24) is 15.3 Å². The Morgan fingerprint density at radius 2 is 1.69 bits per heavy atom. The fourth-order valence-corrected chi connectivity index (χ4v) is 3.97. The van der Waals surface area contributed by atoms with E-state index in [9.17, 15) is 13.2 Å². The molecule has 3 rings (SSSR count). The first-order valence-electron chi connectivity index (χ1n) is 10.5. The molecule has 0 saturated heterocycles. The first kappa shape index (κ1) is 25.8. The number of hydrogen-bond acceptors (Lipinski definition) is 8. The van der Waals surface area contributed by atoms with Gasteiger partial charge in [0.1, 0.15) is 5.75 Å². The number of rotatable bonds is 9. The molecule has 0 saturated carbocycles. The first-order valence-corrected chi connectivity index (χ1v) is 12.4. The number of nitrogens with zero attached hydrogens (tertiary/aromatic N) is 2. The summed E-state index contributed by atoms with van der Waals surface area (Å²) in [5.41, 5.74) is 0.904. The molecule has 184 valence electrons. The lowest BCUT2D eigenvalue weighted by molar-refractivity contribution is 0.0977. The highest BCUT2D eigenvalue weighted by Crippen LogP contribution is 2.22. The van der Waals surface area contributed by atoms with Crippen LogP contribution in [0.15, 0.2) is 65.8 Å². The average molecular weight is 516 g/mol. The fraction of sp³-hybridized carbons (Fsp3) is 0.217. The predicted molar refractivity (Wildman–Crippen MR) is 136 cm³/mol. The third kappa shape index (κ3) is 7.36. The molecule has 0 radical (unpaired) electrons. The van der Waals surface area contributed by atoms with Crippen LogP contribution in [0.2, 0.25) is 0 Å². The molecule has 0 fully saturated rings. The monoisotopic (exact) mass is 515 g/mol. The first-order chi connectivity index (χ1) is 16.7. The van der Waals surface area contributed by atoms with Gasteiger partial charge in [-0.15, -0.1) is 0 Å². The summed E-state index contributed by atoms with van der Waals surface area (Å²) >= 11 is 5.20. The minimum Gasteiger partial charge on any atom is -0.493 e. The summed E-state index contributed by atoms with van der Waals surface area (Å²) in [5, 5.41) is 5.50. The Balaban J connectivity index is 1.58. The third-order valence-electron chi connectivity index (χ3n) is 4.44. The van der Waals surface area contributed by atoms with E-state index in [-0.39, 0.29) is 27.6 Å². The minimum atomic E-state index is -3.93. The summed E-state index contributed by atoms with van der Waals surface area (Å²) in [6, 6.07) is 12.5. The van der Waals surface area contributed by atoms with Gasteiger partial charge in [-0.2, -0.15) is 0 Å². The third-order valence-corrected chi connectivity index (χ3v) is 6.00. The second-order valence-electron chi connectivity index (χ2n) is 7.68. The van der Waals surface area contributed by atoms with Gasteiger partial charge in [-0.1, -0.05) is 13.8 Å². The van der Waals surface area contributed by atoms with Crippen LogP contribution in [0, 0.1) is 5.92 Å². The summed E-state index contributed by atoms with van der Waals surface area (Å²) in [6.07, 6.45) is 2.73. The SMILES string of the molecule is COc1nccnc1NS(=O)(=O)c1ccc(NC(=S)NC(=O)c2ccc(OCC(C)C)cc2)cc1. The minimum absolute atomic E-state index is 0.00881. The smallest absolute Gasteiger partial charge is 0.263 e. The number of anilines is 2. The largest absolute Gasteiger partial charge is 0.493 e. The predicted octanol–water partition coefficient (Wildman–Crippen LogP) is 3.45. The molecular formula is C23H25N5O5S2. The van der Waals surface area contributed by atoms with E-state index in [1.54, 1.807) is 24.3 Å². The number of ether oxygens (including phenoxy) is 2. The van der Waals surface area contributed by atoms with Gasteiger partial charge in [0, 0.05) is 23.6 Å². The molecule has 1 heterocycles. The lowest BCUT2D eigenvalue weighted by Gasteiger charge is -2.12. The number of nitrogens with one attached hydrogen (secondary N) is 3. The van der Waals surface area contributed by atoms with Gasteiger partial charge in [-0.25, -0.2) is 18.4 Å². The number of aromatic nitrogens is 2. The van der Waals surface area contributed by atoms with Gasteiger partial charge in [0.25, 0.3) is 21.8 Å². The van der Waals surface area contributed by atoms with E-state index in [0.29, 0.717) is 29.5 Å². The Morgan fingerprint density at radius 3 is 2.31 bits per heavy atom. The van der Waals surface area contributed by atoms with E-state index < -0.39 is 10.0 Å². The highest BCUT2D eigenvalue weighted by Gasteiger charge is 2.18. The van der Waals surface area contributed by atoms with Crippen LogP contribution < -0.4 is 24.8 Å². The number of amides is 1. The Morgan fingerprint density at radius 1 is 1.03 bits per heavy atom. The molecule has 0 aliphatic heterocycles. The maximum Gasteiger partial charge on any atom is 0.263 e. The molecule has 35 heavy (non-hydrogen) atoms. The van der Waals surface area contributed by atoms with E-state index in [0.717, 1.165) is 0 Å². The molecule has 2 aromatic carbocycles. The average Bonchev–Trinajstić information content (AvgIpc) is 2.83. The molecule has 1 amide bonds. The summed E-state index contributed by atoms with van der Waals surface area (Å²) in [6.45, 7) is 4.69. The Bertz CT molecular complexity index is 1280. The van der Waals surface area contributed by atoms with Gasteiger partial charge in [-0.3, -0.25) is 14.8 Å². The number of methoxy groups -OCH3 is 1. The van der Waals surface area contributed by atoms with Gasteiger partial charge in [0.05, 0.1) is 18.6 Å². The van der Waals surface area contributed by atoms with Crippen LogP contribution in [-0.4, -0.2) is 43.1 Å². The molecule has 0 atom stereocenters. The zero-order chi connectivity index (χ0) is 25.4. The van der Waals surface area contributed by atoms with Crippen LogP contribution in [0.25, 0.3) is 0 Å². The van der Waals surface area contributed by atoms with Crippen LogP contribution in [0.4, 0.5) is 11.5 Å². The van der Waals surface area contributed by atoms with Crippen LogP contribution >= 0.6 is 12.2 Å². The molecular weight excluding hydrogens is 490 g/mol. The van der Waals surface area contributed by atoms with E-state index in [2.05, 4.69) is 39.2 Å². The molecule has 12 heteroatoms.